The molecular weight excluding hydrogens is 843 g/mol. The van der Waals surface area contributed by atoms with Gasteiger partial charge in [0.05, 0.1) is 24.4 Å². The standard InChI is InChI=1S/C27H47NO6S.C26H44O4/c1-5-18-22-14-17(29)10-12-27(22,4)21-11-13-26(3)19(7-8-20(26)24(21)25(18)31)16(2)6-9-23(30)28-15-35(32,33)34;1-5-17-21-14-16(27)10-12-26(21,4)20-11-13-25(3)18(15(2)6-9-22(28)29)7-8-19(25)23(20)24(17)30/h16-22,24-25,29,31H,5-15H2,1-4H3,(H,28,30)(H,32,33,34);15-21,23-24,27,30H,5-14H2,1-4H3,(H,28,29)/t16-,17-,18-,19?,20?,21?,22+,24?,25-,26-,27-;15-,16-,17-,18?,19?,20?,21+,23?,24-,25-,26-/m11/s1. The van der Waals surface area contributed by atoms with E-state index in [9.17, 15) is 38.4 Å². The summed E-state index contributed by atoms with van der Waals surface area (Å²) in [4.78, 5) is 23.2. The maximum absolute atomic E-state index is 12.1. The Hall–Kier alpha value is -1.31. The lowest BCUT2D eigenvalue weighted by molar-refractivity contribution is -0.203. The minimum atomic E-state index is -4.21. The SMILES string of the molecule is CC[C@H]1[C@@H](O)C2C3CCC([C@H](C)CCC(=O)NCS(=O)(=O)O)[C@@]3(C)CCC2[C@@]2(C)CC[C@@H](O)C[C@@H]12.CC[C@H]1[C@@H](O)C2C3CCC([C@H](C)CCC(=O)O)[C@@]3(C)CCC2[C@@]2(C)CC[C@@H](O)C[C@@H]12. The Balaban J connectivity index is 0.000000196. The summed E-state index contributed by atoms with van der Waals surface area (Å²) < 4.78 is 30.7. The summed E-state index contributed by atoms with van der Waals surface area (Å²) in [7, 11) is -4.21. The lowest BCUT2D eigenvalue weighted by atomic mass is 9.41. The van der Waals surface area contributed by atoms with Gasteiger partial charge in [0.15, 0.2) is 0 Å². The highest BCUT2D eigenvalue weighted by atomic mass is 32.2. The third kappa shape index (κ3) is 9.40. The second-order valence-electron chi connectivity index (χ2n) is 25.0. The van der Waals surface area contributed by atoms with Crippen molar-refractivity contribution in [1.29, 1.82) is 0 Å². The number of carboxylic acid groups (broad SMARTS) is 1. The molecule has 0 saturated heterocycles. The Morgan fingerprint density at radius 1 is 0.585 bits per heavy atom. The maximum Gasteiger partial charge on any atom is 0.303 e. The predicted octanol–water partition coefficient (Wildman–Crippen LogP) is 9.10. The fourth-order valence-corrected chi connectivity index (χ4v) is 19.6. The first-order chi connectivity index (χ1) is 30.4. The number of hydrogen-bond acceptors (Lipinski definition) is 8. The van der Waals surface area contributed by atoms with Crippen LogP contribution in [-0.4, -0.2) is 80.7 Å². The van der Waals surface area contributed by atoms with E-state index >= 15 is 0 Å². The molecule has 8 rings (SSSR count). The highest BCUT2D eigenvalue weighted by molar-refractivity contribution is 7.85. The number of carbonyl (C=O) groups excluding carboxylic acids is 1. The van der Waals surface area contributed by atoms with Crippen LogP contribution >= 0.6 is 0 Å². The van der Waals surface area contributed by atoms with Gasteiger partial charge in [0, 0.05) is 12.8 Å². The molecule has 8 unspecified atom stereocenters. The van der Waals surface area contributed by atoms with Gasteiger partial charge in [-0.25, -0.2) is 0 Å². The normalized spacial score (nSPS) is 48.7. The molecule has 374 valence electrons. The third-order valence-electron chi connectivity index (χ3n) is 22.4. The Labute approximate surface area is 392 Å². The zero-order valence-electron chi connectivity index (χ0n) is 41.5. The van der Waals surface area contributed by atoms with E-state index in [1.807, 2.05) is 0 Å². The van der Waals surface area contributed by atoms with Crippen molar-refractivity contribution in [3.05, 3.63) is 0 Å². The van der Waals surface area contributed by atoms with Crippen LogP contribution in [0.1, 0.15) is 184 Å². The van der Waals surface area contributed by atoms with Gasteiger partial charge in [-0.15, -0.1) is 0 Å². The topological polar surface area (TPSA) is 202 Å². The van der Waals surface area contributed by atoms with Crippen molar-refractivity contribution in [1.82, 2.24) is 5.32 Å². The lowest BCUT2D eigenvalue weighted by Gasteiger charge is -2.64. The first kappa shape index (κ1) is 51.5. The molecule has 0 radical (unpaired) electrons. The van der Waals surface area contributed by atoms with Crippen LogP contribution in [0.15, 0.2) is 0 Å². The Kier molecular flexibility index (Phi) is 15.4. The molecule has 8 aliphatic rings. The average molecular weight is 934 g/mol. The molecule has 8 fully saturated rings. The van der Waals surface area contributed by atoms with Crippen molar-refractivity contribution in [2.75, 3.05) is 5.88 Å². The first-order valence-corrected chi connectivity index (χ1v) is 28.2. The Morgan fingerprint density at radius 3 is 1.35 bits per heavy atom. The fourth-order valence-electron chi connectivity index (χ4n) is 19.2. The van der Waals surface area contributed by atoms with E-state index < -0.39 is 22.0 Å². The molecule has 0 aromatic carbocycles. The van der Waals surface area contributed by atoms with Gasteiger partial charge in [0.1, 0.15) is 5.88 Å². The van der Waals surface area contributed by atoms with Crippen LogP contribution in [0, 0.1) is 105 Å². The number of rotatable bonds is 12. The minimum absolute atomic E-state index is 0.141. The molecule has 11 nitrogen and oxygen atoms in total. The Morgan fingerprint density at radius 2 is 0.969 bits per heavy atom. The van der Waals surface area contributed by atoms with Gasteiger partial charge < -0.3 is 30.8 Å². The zero-order valence-corrected chi connectivity index (χ0v) is 42.3. The van der Waals surface area contributed by atoms with Crippen LogP contribution in [0.4, 0.5) is 0 Å². The summed E-state index contributed by atoms with van der Waals surface area (Å²) in [6.45, 7) is 18.7. The van der Waals surface area contributed by atoms with E-state index in [1.54, 1.807) is 0 Å². The monoisotopic (exact) mass is 934 g/mol. The zero-order chi connectivity index (χ0) is 47.6. The predicted molar refractivity (Wildman–Crippen MR) is 253 cm³/mol. The summed E-state index contributed by atoms with van der Waals surface area (Å²) in [5.74, 6) is 4.26. The van der Waals surface area contributed by atoms with Crippen LogP contribution in [0.5, 0.6) is 0 Å². The van der Waals surface area contributed by atoms with Crippen LogP contribution in [0.25, 0.3) is 0 Å². The number of aliphatic hydroxyl groups excluding tert-OH is 4. The molecule has 8 aliphatic carbocycles. The largest absolute Gasteiger partial charge is 0.481 e. The van der Waals surface area contributed by atoms with Crippen molar-refractivity contribution in [3.63, 3.8) is 0 Å². The van der Waals surface area contributed by atoms with Crippen LogP contribution in [0.2, 0.25) is 0 Å². The lowest BCUT2D eigenvalue weighted by Crippen LogP contribution is -2.62. The van der Waals surface area contributed by atoms with Gasteiger partial charge in [0.25, 0.3) is 10.1 Å². The molecule has 7 N–H and O–H groups in total. The van der Waals surface area contributed by atoms with Crippen LogP contribution in [0.3, 0.4) is 0 Å². The smallest absolute Gasteiger partial charge is 0.303 e. The van der Waals surface area contributed by atoms with E-state index in [4.69, 9.17) is 9.66 Å². The van der Waals surface area contributed by atoms with Gasteiger partial charge in [-0.1, -0.05) is 68.2 Å². The molecule has 0 bridgehead atoms. The van der Waals surface area contributed by atoms with Gasteiger partial charge in [-0.3, -0.25) is 14.1 Å². The van der Waals surface area contributed by atoms with Crippen LogP contribution in [-0.2, 0) is 19.7 Å². The number of aliphatic hydroxyl groups is 4. The minimum Gasteiger partial charge on any atom is -0.481 e. The summed E-state index contributed by atoms with van der Waals surface area (Å²) in [5.41, 5.74) is 0.815. The molecule has 0 aromatic heterocycles. The van der Waals surface area contributed by atoms with E-state index in [2.05, 4.69) is 60.7 Å². The molecule has 0 spiro atoms. The summed E-state index contributed by atoms with van der Waals surface area (Å²) in [5, 5.41) is 55.8. The quantitative estimate of drug-likeness (QED) is 0.0926. The van der Waals surface area contributed by atoms with E-state index in [1.165, 1.54) is 25.7 Å². The van der Waals surface area contributed by atoms with E-state index in [-0.39, 0.29) is 70.7 Å². The van der Waals surface area contributed by atoms with Gasteiger partial charge in [-0.05, 0) is 207 Å². The number of fused-ring (bicyclic) bond motifs is 10. The molecule has 8 saturated carbocycles. The van der Waals surface area contributed by atoms with Crippen LogP contribution < -0.4 is 5.32 Å². The molecule has 0 heterocycles. The number of nitrogens with one attached hydrogen (secondary N) is 1. The van der Waals surface area contributed by atoms with Crippen molar-refractivity contribution >= 4 is 22.0 Å². The molecule has 22 atom stereocenters. The fraction of sp³-hybridized carbons (Fsp3) is 0.962. The second kappa shape index (κ2) is 19.5. The number of hydrogen-bond donors (Lipinski definition) is 7. The van der Waals surface area contributed by atoms with E-state index in [0.29, 0.717) is 83.4 Å². The van der Waals surface area contributed by atoms with Crippen molar-refractivity contribution in [2.24, 2.45) is 105 Å². The first-order valence-electron chi connectivity index (χ1n) is 26.6. The maximum atomic E-state index is 12.1. The molecule has 65 heavy (non-hydrogen) atoms. The molecular formula is C53H91NO10S. The molecule has 1 amide bonds. The molecule has 0 aromatic rings. The third-order valence-corrected chi connectivity index (χ3v) is 22.9. The molecule has 12 heteroatoms. The average Bonchev–Trinajstić information content (AvgIpc) is 3.79. The van der Waals surface area contributed by atoms with Crippen molar-refractivity contribution in [3.8, 4) is 0 Å². The van der Waals surface area contributed by atoms with E-state index in [0.717, 1.165) is 83.5 Å². The number of carboxylic acids is 1. The second-order valence-corrected chi connectivity index (χ2v) is 26.4. The summed E-state index contributed by atoms with van der Waals surface area (Å²) in [6.07, 6.45) is 17.9. The summed E-state index contributed by atoms with van der Waals surface area (Å²) in [6, 6.07) is 0. The molecule has 0 aliphatic heterocycles. The number of carbonyl (C=O) groups is 2. The highest BCUT2D eigenvalue weighted by Gasteiger charge is 2.66. The van der Waals surface area contributed by atoms with Gasteiger partial charge in [-0.2, -0.15) is 8.42 Å². The van der Waals surface area contributed by atoms with Gasteiger partial charge in [0.2, 0.25) is 5.91 Å². The van der Waals surface area contributed by atoms with Crippen molar-refractivity contribution < 1.29 is 48.1 Å². The van der Waals surface area contributed by atoms with Crippen molar-refractivity contribution in [2.45, 2.75) is 208 Å². The Bertz CT molecular complexity index is 1800. The number of aliphatic carboxylic acids is 1. The summed E-state index contributed by atoms with van der Waals surface area (Å²) >= 11 is 0. The van der Waals surface area contributed by atoms with Gasteiger partial charge >= 0.3 is 5.97 Å². The number of amides is 1. The highest BCUT2D eigenvalue weighted by Crippen LogP contribution is 2.71.